The van der Waals surface area contributed by atoms with Crippen LogP contribution in [0, 0.1) is 11.6 Å². The number of morpholine rings is 1. The third kappa shape index (κ3) is 3.20. The SMILES string of the molecule is COC(=O)C1CN(S(=O)(=O)c2cc(F)ccc2F)CCO1. The van der Waals surface area contributed by atoms with Gasteiger partial charge in [0.15, 0.2) is 6.10 Å². The van der Waals surface area contributed by atoms with E-state index in [1.54, 1.807) is 0 Å². The van der Waals surface area contributed by atoms with Gasteiger partial charge in [0.1, 0.15) is 16.5 Å². The van der Waals surface area contributed by atoms with Crippen molar-refractivity contribution in [1.82, 2.24) is 4.31 Å². The minimum atomic E-state index is -4.26. The van der Waals surface area contributed by atoms with Crippen LogP contribution in [0.25, 0.3) is 0 Å². The first-order valence-corrected chi connectivity index (χ1v) is 7.45. The van der Waals surface area contributed by atoms with Crippen LogP contribution < -0.4 is 0 Å². The molecule has 0 amide bonds. The van der Waals surface area contributed by atoms with Gasteiger partial charge in [0.2, 0.25) is 10.0 Å². The average molecular weight is 321 g/mol. The van der Waals surface area contributed by atoms with Crippen molar-refractivity contribution in [2.75, 3.05) is 26.8 Å². The largest absolute Gasteiger partial charge is 0.467 e. The average Bonchev–Trinajstić information content (AvgIpc) is 2.49. The molecule has 0 aliphatic carbocycles. The van der Waals surface area contributed by atoms with Crippen molar-refractivity contribution >= 4 is 16.0 Å². The Morgan fingerprint density at radius 3 is 2.81 bits per heavy atom. The van der Waals surface area contributed by atoms with Crippen LogP contribution >= 0.6 is 0 Å². The molecule has 0 N–H and O–H groups in total. The number of carbonyl (C=O) groups excluding carboxylic acids is 1. The fourth-order valence-electron chi connectivity index (χ4n) is 1.93. The molecule has 1 aliphatic heterocycles. The zero-order valence-corrected chi connectivity index (χ0v) is 11.9. The maximum Gasteiger partial charge on any atom is 0.336 e. The van der Waals surface area contributed by atoms with Gasteiger partial charge in [0, 0.05) is 6.54 Å². The predicted molar refractivity (Wildman–Crippen MR) is 66.9 cm³/mol. The summed E-state index contributed by atoms with van der Waals surface area (Å²) in [5.74, 6) is -2.65. The second-order valence-electron chi connectivity index (χ2n) is 4.32. The highest BCUT2D eigenvalue weighted by atomic mass is 32.2. The van der Waals surface area contributed by atoms with E-state index >= 15 is 0 Å². The van der Waals surface area contributed by atoms with Crippen molar-refractivity contribution < 1.29 is 31.5 Å². The second-order valence-corrected chi connectivity index (χ2v) is 6.23. The normalized spacial score (nSPS) is 20.2. The summed E-state index contributed by atoms with van der Waals surface area (Å²) in [5.41, 5.74) is 0. The highest BCUT2D eigenvalue weighted by Crippen LogP contribution is 2.22. The summed E-state index contributed by atoms with van der Waals surface area (Å²) in [6, 6.07) is 2.17. The Labute approximate surface area is 120 Å². The standard InChI is InChI=1S/C12H13F2NO5S/c1-19-12(16)10-7-15(4-5-20-10)21(17,18)11-6-8(13)2-3-9(11)14/h2-3,6,10H,4-5,7H2,1H3. The lowest BCUT2D eigenvalue weighted by atomic mass is 10.3. The van der Waals surface area contributed by atoms with Gasteiger partial charge >= 0.3 is 5.97 Å². The second kappa shape index (κ2) is 6.04. The van der Waals surface area contributed by atoms with Crippen LogP contribution in [0.4, 0.5) is 8.78 Å². The number of halogens is 2. The van der Waals surface area contributed by atoms with E-state index in [-0.39, 0.29) is 19.7 Å². The molecule has 0 saturated carbocycles. The van der Waals surface area contributed by atoms with Crippen molar-refractivity contribution in [2.24, 2.45) is 0 Å². The zero-order chi connectivity index (χ0) is 15.6. The maximum absolute atomic E-state index is 13.6. The van der Waals surface area contributed by atoms with Crippen LogP contribution in [0.2, 0.25) is 0 Å². The van der Waals surface area contributed by atoms with Crippen LogP contribution in [0.1, 0.15) is 0 Å². The molecule has 1 aromatic rings. The number of hydrogen-bond donors (Lipinski definition) is 0. The van der Waals surface area contributed by atoms with Crippen molar-refractivity contribution in [3.05, 3.63) is 29.8 Å². The topological polar surface area (TPSA) is 72.9 Å². The summed E-state index contributed by atoms with van der Waals surface area (Å²) in [5, 5.41) is 0. The molecule has 0 bridgehead atoms. The van der Waals surface area contributed by atoms with Gasteiger partial charge in [-0.05, 0) is 18.2 Å². The smallest absolute Gasteiger partial charge is 0.336 e. The summed E-state index contributed by atoms with van der Waals surface area (Å²) in [6.07, 6.45) is -1.09. The van der Waals surface area contributed by atoms with Crippen LogP contribution in [0.15, 0.2) is 23.1 Å². The van der Waals surface area contributed by atoms with Gasteiger partial charge in [-0.2, -0.15) is 4.31 Å². The third-order valence-corrected chi connectivity index (χ3v) is 4.88. The molecule has 116 valence electrons. The van der Waals surface area contributed by atoms with Gasteiger partial charge in [0.05, 0.1) is 20.3 Å². The minimum absolute atomic E-state index is 0.0457. The van der Waals surface area contributed by atoms with E-state index in [1.165, 1.54) is 0 Å². The van der Waals surface area contributed by atoms with Gasteiger partial charge in [-0.1, -0.05) is 0 Å². The number of ether oxygens (including phenoxy) is 2. The Hall–Kier alpha value is -1.58. The monoisotopic (exact) mass is 321 g/mol. The Morgan fingerprint density at radius 2 is 2.14 bits per heavy atom. The first kappa shape index (κ1) is 15.8. The van der Waals surface area contributed by atoms with E-state index in [2.05, 4.69) is 4.74 Å². The summed E-state index contributed by atoms with van der Waals surface area (Å²) in [6.45, 7) is -0.424. The van der Waals surface area contributed by atoms with Gasteiger partial charge in [-0.25, -0.2) is 22.0 Å². The van der Waals surface area contributed by atoms with Crippen molar-refractivity contribution in [1.29, 1.82) is 0 Å². The molecular formula is C12H13F2NO5S. The molecule has 1 fully saturated rings. The lowest BCUT2D eigenvalue weighted by Crippen LogP contribution is -2.48. The fourth-order valence-corrected chi connectivity index (χ4v) is 3.43. The Bertz CT molecular complexity index is 649. The number of rotatable bonds is 3. The van der Waals surface area contributed by atoms with Crippen LogP contribution in [0.5, 0.6) is 0 Å². The van der Waals surface area contributed by atoms with E-state index < -0.39 is 38.6 Å². The summed E-state index contributed by atoms with van der Waals surface area (Å²) < 4.78 is 61.9. The number of esters is 1. The molecule has 9 heteroatoms. The highest BCUT2D eigenvalue weighted by molar-refractivity contribution is 7.89. The maximum atomic E-state index is 13.6. The highest BCUT2D eigenvalue weighted by Gasteiger charge is 2.36. The first-order valence-electron chi connectivity index (χ1n) is 6.01. The van der Waals surface area contributed by atoms with Gasteiger partial charge < -0.3 is 9.47 Å². The van der Waals surface area contributed by atoms with E-state index in [0.29, 0.717) is 6.07 Å². The minimum Gasteiger partial charge on any atom is -0.467 e. The molecule has 1 aromatic carbocycles. The molecular weight excluding hydrogens is 308 g/mol. The number of methoxy groups -OCH3 is 1. The molecule has 0 radical (unpaired) electrons. The van der Waals surface area contributed by atoms with Crippen molar-refractivity contribution in [3.63, 3.8) is 0 Å². The zero-order valence-electron chi connectivity index (χ0n) is 11.1. The summed E-state index contributed by atoms with van der Waals surface area (Å²) in [7, 11) is -3.12. The van der Waals surface area contributed by atoms with Gasteiger partial charge in [-0.3, -0.25) is 0 Å². The number of hydrogen-bond acceptors (Lipinski definition) is 5. The predicted octanol–water partition coefficient (Wildman–Crippen LogP) is 0.527. The van der Waals surface area contributed by atoms with Crippen LogP contribution in [-0.4, -0.2) is 51.6 Å². The molecule has 1 atom stereocenters. The Morgan fingerprint density at radius 1 is 1.43 bits per heavy atom. The fraction of sp³-hybridized carbons (Fsp3) is 0.417. The molecule has 1 aliphatic rings. The summed E-state index contributed by atoms with van der Waals surface area (Å²) in [4.78, 5) is 10.6. The van der Waals surface area contributed by atoms with Gasteiger partial charge in [0.25, 0.3) is 0 Å². The van der Waals surface area contributed by atoms with Crippen LogP contribution in [-0.2, 0) is 24.3 Å². The number of sulfonamides is 1. The number of nitrogens with zero attached hydrogens (tertiary/aromatic N) is 1. The number of benzene rings is 1. The lowest BCUT2D eigenvalue weighted by molar-refractivity contribution is -0.157. The Kier molecular flexibility index (Phi) is 4.55. The third-order valence-electron chi connectivity index (χ3n) is 3.00. The van der Waals surface area contributed by atoms with Crippen molar-refractivity contribution in [2.45, 2.75) is 11.0 Å². The molecule has 2 rings (SSSR count). The Balaban J connectivity index is 2.31. The molecule has 1 heterocycles. The van der Waals surface area contributed by atoms with Crippen molar-refractivity contribution in [3.8, 4) is 0 Å². The quantitative estimate of drug-likeness (QED) is 0.759. The van der Waals surface area contributed by atoms with E-state index in [4.69, 9.17) is 4.74 Å². The molecule has 0 spiro atoms. The molecule has 6 nitrogen and oxygen atoms in total. The molecule has 1 unspecified atom stereocenters. The first-order chi connectivity index (χ1) is 9.86. The number of carbonyl (C=O) groups is 1. The van der Waals surface area contributed by atoms with E-state index in [9.17, 15) is 22.0 Å². The lowest BCUT2D eigenvalue weighted by Gasteiger charge is -2.30. The van der Waals surface area contributed by atoms with Crippen LogP contribution in [0.3, 0.4) is 0 Å². The summed E-state index contributed by atoms with van der Waals surface area (Å²) >= 11 is 0. The van der Waals surface area contributed by atoms with E-state index in [1.807, 2.05) is 0 Å². The molecule has 1 saturated heterocycles. The molecule has 0 aromatic heterocycles. The van der Waals surface area contributed by atoms with Gasteiger partial charge in [-0.15, -0.1) is 0 Å². The van der Waals surface area contributed by atoms with E-state index in [0.717, 1.165) is 23.5 Å². The molecule has 21 heavy (non-hydrogen) atoms.